The molecule has 1 N–H and O–H groups in total. The van der Waals surface area contributed by atoms with Crippen molar-refractivity contribution in [3.05, 3.63) is 71.0 Å². The standard InChI is InChI=1S/C23H20Cl2N4O/c1-14-9-17(30-16-5-3-2-4-6-16)13-29(14)21-10-19(15-11-26-27-12-15)18-7-8-20(24)22(25)23(18)28-21/h2-8,10-12,14,17H,9,13H2,1H3,(H,26,27)/t14-,17-/m1/s1. The minimum Gasteiger partial charge on any atom is -0.489 e. The lowest BCUT2D eigenvalue weighted by atomic mass is 10.0. The quantitative estimate of drug-likeness (QED) is 0.425. The van der Waals surface area contributed by atoms with Gasteiger partial charge in [-0.25, -0.2) is 4.98 Å². The average molecular weight is 439 g/mol. The van der Waals surface area contributed by atoms with Crippen molar-refractivity contribution in [2.45, 2.75) is 25.5 Å². The number of para-hydroxylation sites is 1. The van der Waals surface area contributed by atoms with Gasteiger partial charge in [0.25, 0.3) is 0 Å². The first-order valence-corrected chi connectivity index (χ1v) is 10.6. The smallest absolute Gasteiger partial charge is 0.130 e. The second-order valence-electron chi connectivity index (χ2n) is 7.56. The van der Waals surface area contributed by atoms with E-state index in [2.05, 4.69) is 28.1 Å². The number of aromatic amines is 1. The lowest BCUT2D eigenvalue weighted by Crippen LogP contribution is -2.29. The molecule has 1 saturated heterocycles. The molecule has 30 heavy (non-hydrogen) atoms. The van der Waals surface area contributed by atoms with Crippen LogP contribution in [0.2, 0.25) is 10.0 Å². The van der Waals surface area contributed by atoms with E-state index < -0.39 is 0 Å². The molecule has 0 radical (unpaired) electrons. The first-order valence-electron chi connectivity index (χ1n) is 9.86. The van der Waals surface area contributed by atoms with Crippen LogP contribution in [0.15, 0.2) is 60.9 Å². The van der Waals surface area contributed by atoms with E-state index in [0.29, 0.717) is 15.6 Å². The highest BCUT2D eigenvalue weighted by Gasteiger charge is 2.32. The maximum atomic E-state index is 6.55. The Morgan fingerprint density at radius 3 is 2.73 bits per heavy atom. The van der Waals surface area contributed by atoms with Gasteiger partial charge in [-0.3, -0.25) is 5.10 Å². The number of pyridine rings is 1. The third-order valence-corrected chi connectivity index (χ3v) is 6.34. The first-order chi connectivity index (χ1) is 14.6. The van der Waals surface area contributed by atoms with Crippen LogP contribution < -0.4 is 9.64 Å². The van der Waals surface area contributed by atoms with Crippen molar-refractivity contribution in [3.8, 4) is 16.9 Å². The van der Waals surface area contributed by atoms with Gasteiger partial charge in [-0.05, 0) is 36.8 Å². The van der Waals surface area contributed by atoms with Crippen molar-refractivity contribution in [1.29, 1.82) is 0 Å². The summed E-state index contributed by atoms with van der Waals surface area (Å²) in [6, 6.07) is 16.1. The topological polar surface area (TPSA) is 54.0 Å². The fraction of sp³-hybridized carbons (Fsp3) is 0.217. The van der Waals surface area contributed by atoms with Crippen molar-refractivity contribution in [2.24, 2.45) is 0 Å². The molecule has 1 aliphatic heterocycles. The van der Waals surface area contributed by atoms with E-state index in [-0.39, 0.29) is 12.1 Å². The normalized spacial score (nSPS) is 18.8. The monoisotopic (exact) mass is 438 g/mol. The molecule has 2 atom stereocenters. The van der Waals surface area contributed by atoms with Gasteiger partial charge in [-0.15, -0.1) is 0 Å². The fourth-order valence-electron chi connectivity index (χ4n) is 4.08. The zero-order valence-electron chi connectivity index (χ0n) is 16.3. The van der Waals surface area contributed by atoms with Gasteiger partial charge in [0, 0.05) is 29.6 Å². The molecule has 1 fully saturated rings. The second-order valence-corrected chi connectivity index (χ2v) is 8.35. The van der Waals surface area contributed by atoms with E-state index >= 15 is 0 Å². The SMILES string of the molecule is C[C@@H]1C[C@@H](Oc2ccccc2)CN1c1cc(-c2cn[nH]c2)c2ccc(Cl)c(Cl)c2n1. The van der Waals surface area contributed by atoms with Crippen molar-refractivity contribution in [1.82, 2.24) is 15.2 Å². The van der Waals surface area contributed by atoms with E-state index in [9.17, 15) is 0 Å². The van der Waals surface area contributed by atoms with Crippen molar-refractivity contribution >= 4 is 39.9 Å². The lowest BCUT2D eigenvalue weighted by molar-refractivity contribution is 0.221. The molecule has 0 bridgehead atoms. The number of nitrogens with zero attached hydrogens (tertiary/aromatic N) is 3. The zero-order valence-corrected chi connectivity index (χ0v) is 17.9. The van der Waals surface area contributed by atoms with Crippen LogP contribution >= 0.6 is 23.2 Å². The molecule has 5 nitrogen and oxygen atoms in total. The fourth-order valence-corrected chi connectivity index (χ4v) is 4.44. The van der Waals surface area contributed by atoms with Gasteiger partial charge >= 0.3 is 0 Å². The number of hydrogen-bond acceptors (Lipinski definition) is 4. The molecular formula is C23H20Cl2N4O. The van der Waals surface area contributed by atoms with Crippen LogP contribution in [0.1, 0.15) is 13.3 Å². The summed E-state index contributed by atoms with van der Waals surface area (Å²) in [7, 11) is 0. The molecular weight excluding hydrogens is 419 g/mol. The molecule has 0 aliphatic carbocycles. The summed E-state index contributed by atoms with van der Waals surface area (Å²) in [5.41, 5.74) is 2.69. The third kappa shape index (κ3) is 3.48. The number of ether oxygens (including phenoxy) is 1. The largest absolute Gasteiger partial charge is 0.489 e. The Morgan fingerprint density at radius 2 is 1.97 bits per heavy atom. The minimum absolute atomic E-state index is 0.0899. The molecule has 2 aromatic heterocycles. The molecule has 4 aromatic rings. The van der Waals surface area contributed by atoms with Gasteiger partial charge < -0.3 is 9.64 Å². The van der Waals surface area contributed by atoms with Gasteiger partial charge in [0.05, 0.1) is 28.3 Å². The summed E-state index contributed by atoms with van der Waals surface area (Å²) in [6.45, 7) is 2.94. The molecule has 0 spiro atoms. The molecule has 3 heterocycles. The molecule has 2 aromatic carbocycles. The number of benzene rings is 2. The van der Waals surface area contributed by atoms with Crippen LogP contribution in [-0.4, -0.2) is 33.9 Å². The third-order valence-electron chi connectivity index (χ3n) is 5.54. The molecule has 7 heteroatoms. The van der Waals surface area contributed by atoms with Crippen molar-refractivity contribution < 1.29 is 4.74 Å². The zero-order chi connectivity index (χ0) is 20.7. The van der Waals surface area contributed by atoms with E-state index in [1.165, 1.54) is 0 Å². The Labute approximate surface area is 184 Å². The summed E-state index contributed by atoms with van der Waals surface area (Å²) in [5.74, 6) is 1.74. The number of hydrogen-bond donors (Lipinski definition) is 1. The molecule has 0 unspecified atom stereocenters. The number of H-pyrrole nitrogens is 1. The number of rotatable bonds is 4. The molecule has 0 saturated carbocycles. The summed E-state index contributed by atoms with van der Waals surface area (Å²) in [4.78, 5) is 7.18. The summed E-state index contributed by atoms with van der Waals surface area (Å²) in [5, 5.41) is 8.89. The molecule has 5 rings (SSSR count). The predicted octanol–water partition coefficient (Wildman–Crippen LogP) is 5.98. The highest BCUT2D eigenvalue weighted by molar-refractivity contribution is 6.45. The first kappa shape index (κ1) is 19.2. The van der Waals surface area contributed by atoms with Crippen LogP contribution in [-0.2, 0) is 0 Å². The highest BCUT2D eigenvalue weighted by atomic mass is 35.5. The van der Waals surface area contributed by atoms with Crippen LogP contribution in [0.25, 0.3) is 22.0 Å². The van der Waals surface area contributed by atoms with Crippen molar-refractivity contribution in [3.63, 3.8) is 0 Å². The van der Waals surface area contributed by atoms with Crippen LogP contribution in [0, 0.1) is 0 Å². The average Bonchev–Trinajstić information content (AvgIpc) is 3.41. The van der Waals surface area contributed by atoms with E-state index in [1.54, 1.807) is 12.3 Å². The maximum absolute atomic E-state index is 6.55. The van der Waals surface area contributed by atoms with E-state index in [4.69, 9.17) is 32.9 Å². The van der Waals surface area contributed by atoms with Gasteiger partial charge in [-0.2, -0.15) is 5.10 Å². The number of anilines is 1. The van der Waals surface area contributed by atoms with Crippen LogP contribution in [0.3, 0.4) is 0 Å². The summed E-state index contributed by atoms with van der Waals surface area (Å²) in [6.07, 6.45) is 4.68. The Morgan fingerprint density at radius 1 is 1.13 bits per heavy atom. The number of aromatic nitrogens is 3. The number of nitrogens with one attached hydrogen (secondary N) is 1. The van der Waals surface area contributed by atoms with Gasteiger partial charge in [-0.1, -0.05) is 47.5 Å². The van der Waals surface area contributed by atoms with Crippen LogP contribution in [0.5, 0.6) is 5.75 Å². The van der Waals surface area contributed by atoms with Gasteiger partial charge in [0.15, 0.2) is 0 Å². The Kier molecular flexibility index (Phi) is 5.01. The Balaban J connectivity index is 1.55. The summed E-state index contributed by atoms with van der Waals surface area (Å²) < 4.78 is 6.20. The minimum atomic E-state index is 0.0899. The predicted molar refractivity (Wildman–Crippen MR) is 122 cm³/mol. The number of halogens is 2. The molecule has 152 valence electrons. The maximum Gasteiger partial charge on any atom is 0.130 e. The van der Waals surface area contributed by atoms with Crippen molar-refractivity contribution in [2.75, 3.05) is 11.4 Å². The number of fused-ring (bicyclic) bond motifs is 1. The summed E-state index contributed by atoms with van der Waals surface area (Å²) >= 11 is 12.8. The van der Waals surface area contributed by atoms with E-state index in [1.807, 2.05) is 42.6 Å². The second kappa shape index (κ2) is 7.82. The van der Waals surface area contributed by atoms with Gasteiger partial charge in [0.2, 0.25) is 0 Å². The van der Waals surface area contributed by atoms with E-state index in [0.717, 1.165) is 41.0 Å². The Hall–Kier alpha value is -2.76. The highest BCUT2D eigenvalue weighted by Crippen LogP contribution is 2.38. The molecule has 1 aliphatic rings. The van der Waals surface area contributed by atoms with Gasteiger partial charge in [0.1, 0.15) is 17.7 Å². The molecule has 0 amide bonds. The lowest BCUT2D eigenvalue weighted by Gasteiger charge is -2.24. The Bertz CT molecular complexity index is 1180. The van der Waals surface area contributed by atoms with Crippen LogP contribution in [0.4, 0.5) is 5.82 Å².